The molecule has 0 aliphatic carbocycles. The Morgan fingerprint density at radius 2 is 2.05 bits per heavy atom. The van der Waals surface area contributed by atoms with Crippen LogP contribution in [-0.2, 0) is 4.79 Å². The minimum absolute atomic E-state index is 0.0278. The van der Waals surface area contributed by atoms with Crippen molar-refractivity contribution in [2.45, 2.75) is 19.9 Å². The van der Waals surface area contributed by atoms with Gasteiger partial charge in [-0.2, -0.15) is 0 Å². The van der Waals surface area contributed by atoms with Crippen LogP contribution >= 0.6 is 0 Å². The van der Waals surface area contributed by atoms with Gasteiger partial charge < -0.3 is 21.7 Å². The number of nitrogens with zero attached hydrogens (tertiary/aromatic N) is 1. The van der Waals surface area contributed by atoms with Gasteiger partial charge in [-0.05, 0) is 32.0 Å². The van der Waals surface area contributed by atoms with E-state index < -0.39 is 11.9 Å². The topological polar surface area (TPSA) is 101 Å². The van der Waals surface area contributed by atoms with Crippen molar-refractivity contribution in [3.05, 3.63) is 23.8 Å². The van der Waals surface area contributed by atoms with E-state index in [0.717, 1.165) is 0 Å². The number of likely N-dealkylation sites (N-methyl/N-ethyl adjacent to an activating group) is 1. The molecule has 0 aromatic heterocycles. The summed E-state index contributed by atoms with van der Waals surface area (Å²) in [4.78, 5) is 24.7. The van der Waals surface area contributed by atoms with Crippen LogP contribution in [0.25, 0.3) is 0 Å². The highest BCUT2D eigenvalue weighted by molar-refractivity contribution is 5.99. The van der Waals surface area contributed by atoms with E-state index in [1.807, 2.05) is 6.92 Å². The van der Waals surface area contributed by atoms with E-state index in [1.54, 1.807) is 37.1 Å². The van der Waals surface area contributed by atoms with Gasteiger partial charge in [-0.25, -0.2) is 0 Å². The van der Waals surface area contributed by atoms with Gasteiger partial charge in [0.1, 0.15) is 6.04 Å². The average molecular weight is 264 g/mol. The lowest BCUT2D eigenvalue weighted by molar-refractivity contribution is -0.130. The summed E-state index contributed by atoms with van der Waals surface area (Å²) < 4.78 is 0. The molecule has 0 radical (unpaired) electrons. The Labute approximate surface area is 112 Å². The summed E-state index contributed by atoms with van der Waals surface area (Å²) in [5.41, 5.74) is 12.1. The maximum absolute atomic E-state index is 11.9. The highest BCUT2D eigenvalue weighted by atomic mass is 16.2. The first kappa shape index (κ1) is 14.8. The number of benzene rings is 1. The fourth-order valence-electron chi connectivity index (χ4n) is 1.66. The fourth-order valence-corrected chi connectivity index (χ4v) is 1.66. The summed E-state index contributed by atoms with van der Waals surface area (Å²) >= 11 is 0. The van der Waals surface area contributed by atoms with E-state index in [2.05, 4.69) is 5.32 Å². The van der Waals surface area contributed by atoms with E-state index in [0.29, 0.717) is 17.9 Å². The highest BCUT2D eigenvalue weighted by Crippen LogP contribution is 2.18. The van der Waals surface area contributed by atoms with Crippen molar-refractivity contribution >= 4 is 23.2 Å². The van der Waals surface area contributed by atoms with Crippen molar-refractivity contribution in [3.8, 4) is 0 Å². The van der Waals surface area contributed by atoms with Gasteiger partial charge in [-0.15, -0.1) is 0 Å². The maximum atomic E-state index is 11.9. The second kappa shape index (κ2) is 6.08. The van der Waals surface area contributed by atoms with Crippen LogP contribution in [0.15, 0.2) is 18.2 Å². The SMILES string of the molecule is CCN(C)C(=O)C(C)Nc1ccc(N)c(C(N)=O)c1. The lowest BCUT2D eigenvalue weighted by Crippen LogP contribution is -2.38. The molecule has 0 saturated heterocycles. The molecule has 0 fully saturated rings. The van der Waals surface area contributed by atoms with Crippen molar-refractivity contribution in [2.24, 2.45) is 5.73 Å². The van der Waals surface area contributed by atoms with Gasteiger partial charge in [0.05, 0.1) is 5.56 Å². The third-order valence-electron chi connectivity index (χ3n) is 2.92. The molecule has 5 N–H and O–H groups in total. The van der Waals surface area contributed by atoms with Crippen LogP contribution < -0.4 is 16.8 Å². The zero-order chi connectivity index (χ0) is 14.6. The molecule has 1 rings (SSSR count). The fraction of sp³-hybridized carbons (Fsp3) is 0.385. The molecule has 1 atom stereocenters. The lowest BCUT2D eigenvalue weighted by atomic mass is 10.1. The number of nitrogens with two attached hydrogens (primary N) is 2. The van der Waals surface area contributed by atoms with E-state index in [-0.39, 0.29) is 11.5 Å². The number of primary amides is 1. The number of hydrogen-bond acceptors (Lipinski definition) is 4. The number of carbonyl (C=O) groups excluding carboxylic acids is 2. The molecule has 0 saturated carbocycles. The highest BCUT2D eigenvalue weighted by Gasteiger charge is 2.16. The predicted octanol–water partition coefficient (Wildman–Crippen LogP) is 0.646. The number of amides is 2. The summed E-state index contributed by atoms with van der Waals surface area (Å²) in [6.45, 7) is 4.30. The average Bonchev–Trinajstić information content (AvgIpc) is 2.38. The molecule has 1 aromatic carbocycles. The number of anilines is 2. The molecule has 0 bridgehead atoms. The number of nitrogen functional groups attached to an aromatic ring is 1. The standard InChI is InChI=1S/C13H20N4O2/c1-4-17(3)13(19)8(2)16-9-5-6-11(14)10(7-9)12(15)18/h5-8,16H,4,14H2,1-3H3,(H2,15,18). The van der Waals surface area contributed by atoms with Gasteiger partial charge in [-0.3, -0.25) is 9.59 Å². The molecule has 19 heavy (non-hydrogen) atoms. The van der Waals surface area contributed by atoms with Crippen LogP contribution in [0.5, 0.6) is 0 Å². The normalized spacial score (nSPS) is 11.7. The Morgan fingerprint density at radius 1 is 1.42 bits per heavy atom. The zero-order valence-corrected chi connectivity index (χ0v) is 11.4. The largest absolute Gasteiger partial charge is 0.398 e. The third-order valence-corrected chi connectivity index (χ3v) is 2.92. The van der Waals surface area contributed by atoms with E-state index in [1.165, 1.54) is 0 Å². The van der Waals surface area contributed by atoms with Crippen LogP contribution in [0.4, 0.5) is 11.4 Å². The minimum Gasteiger partial charge on any atom is -0.398 e. The second-order valence-corrected chi connectivity index (χ2v) is 4.38. The molecule has 0 heterocycles. The quantitative estimate of drug-likeness (QED) is 0.679. The number of rotatable bonds is 5. The first-order chi connectivity index (χ1) is 8.86. The van der Waals surface area contributed by atoms with Gasteiger partial charge >= 0.3 is 0 Å². The molecule has 0 spiro atoms. The Balaban J connectivity index is 2.86. The van der Waals surface area contributed by atoms with Crippen LogP contribution in [0, 0.1) is 0 Å². The summed E-state index contributed by atoms with van der Waals surface area (Å²) in [5, 5.41) is 3.02. The van der Waals surface area contributed by atoms with Crippen molar-refractivity contribution in [2.75, 3.05) is 24.6 Å². The molecule has 0 aliphatic rings. The molecular formula is C13H20N4O2. The van der Waals surface area contributed by atoms with Crippen LogP contribution in [0.1, 0.15) is 24.2 Å². The first-order valence-corrected chi connectivity index (χ1v) is 6.07. The zero-order valence-electron chi connectivity index (χ0n) is 11.4. The summed E-state index contributed by atoms with van der Waals surface area (Å²) in [6.07, 6.45) is 0. The van der Waals surface area contributed by atoms with Gasteiger partial charge in [0.25, 0.3) is 5.91 Å². The van der Waals surface area contributed by atoms with Crippen molar-refractivity contribution in [3.63, 3.8) is 0 Å². The lowest BCUT2D eigenvalue weighted by Gasteiger charge is -2.21. The van der Waals surface area contributed by atoms with Gasteiger partial charge in [0.2, 0.25) is 5.91 Å². The predicted molar refractivity (Wildman–Crippen MR) is 75.8 cm³/mol. The van der Waals surface area contributed by atoms with Gasteiger partial charge in [0.15, 0.2) is 0 Å². The Morgan fingerprint density at radius 3 is 2.58 bits per heavy atom. The molecule has 0 aliphatic heterocycles. The molecule has 104 valence electrons. The maximum Gasteiger partial charge on any atom is 0.250 e. The van der Waals surface area contributed by atoms with E-state index in [4.69, 9.17) is 11.5 Å². The van der Waals surface area contributed by atoms with E-state index >= 15 is 0 Å². The Hall–Kier alpha value is -2.24. The Bertz CT molecular complexity index is 488. The van der Waals surface area contributed by atoms with Gasteiger partial charge in [-0.1, -0.05) is 0 Å². The van der Waals surface area contributed by atoms with E-state index in [9.17, 15) is 9.59 Å². The van der Waals surface area contributed by atoms with Crippen molar-refractivity contribution in [1.82, 2.24) is 4.90 Å². The van der Waals surface area contributed by atoms with Gasteiger partial charge in [0, 0.05) is 25.0 Å². The van der Waals surface area contributed by atoms with Crippen LogP contribution in [-0.4, -0.2) is 36.3 Å². The van der Waals surface area contributed by atoms with Crippen LogP contribution in [0.3, 0.4) is 0 Å². The third kappa shape index (κ3) is 3.61. The molecule has 6 heteroatoms. The first-order valence-electron chi connectivity index (χ1n) is 6.07. The smallest absolute Gasteiger partial charge is 0.250 e. The number of carbonyl (C=O) groups is 2. The van der Waals surface area contributed by atoms with Crippen LogP contribution in [0.2, 0.25) is 0 Å². The second-order valence-electron chi connectivity index (χ2n) is 4.38. The molecule has 2 amide bonds. The van der Waals surface area contributed by atoms with Crippen molar-refractivity contribution in [1.29, 1.82) is 0 Å². The summed E-state index contributed by atoms with van der Waals surface area (Å²) in [7, 11) is 1.73. The Kier molecular flexibility index (Phi) is 4.74. The monoisotopic (exact) mass is 264 g/mol. The number of hydrogen-bond donors (Lipinski definition) is 3. The van der Waals surface area contributed by atoms with Crippen molar-refractivity contribution < 1.29 is 9.59 Å². The molecule has 1 unspecified atom stereocenters. The summed E-state index contributed by atoms with van der Waals surface area (Å²) in [5.74, 6) is -0.620. The number of nitrogens with one attached hydrogen (secondary N) is 1. The molecule has 1 aromatic rings. The minimum atomic E-state index is -0.592. The molecule has 6 nitrogen and oxygen atoms in total. The summed E-state index contributed by atoms with van der Waals surface area (Å²) in [6, 6.07) is 4.45. The molecular weight excluding hydrogens is 244 g/mol.